The monoisotopic (exact) mass is 406 g/mol. The molecule has 1 fully saturated rings. The SMILES string of the molecule is O=C(COC(=O)[C@H]1CC(=O)N(CCc2ccccc2)C1)Nc1ccc2c(c1)CCC2. The van der Waals surface area contributed by atoms with Gasteiger partial charge in [-0.05, 0) is 54.5 Å². The van der Waals surface area contributed by atoms with Crippen molar-refractivity contribution in [2.75, 3.05) is 25.0 Å². The molecule has 1 N–H and O–H groups in total. The molecule has 0 bridgehead atoms. The number of rotatable bonds is 7. The average Bonchev–Trinajstić information content (AvgIpc) is 3.37. The molecule has 1 atom stereocenters. The van der Waals surface area contributed by atoms with E-state index in [9.17, 15) is 14.4 Å². The number of esters is 1. The lowest BCUT2D eigenvalue weighted by Crippen LogP contribution is -2.29. The van der Waals surface area contributed by atoms with E-state index in [0.29, 0.717) is 13.1 Å². The van der Waals surface area contributed by atoms with Crippen LogP contribution in [0.2, 0.25) is 0 Å². The molecular weight excluding hydrogens is 380 g/mol. The maximum Gasteiger partial charge on any atom is 0.311 e. The molecule has 0 saturated carbocycles. The van der Waals surface area contributed by atoms with Gasteiger partial charge in [0.2, 0.25) is 5.91 Å². The standard InChI is InChI=1S/C24H26N2O4/c27-22(25-21-10-9-18-7-4-8-19(18)13-21)16-30-24(29)20-14-23(28)26(15-20)12-11-17-5-2-1-3-6-17/h1-3,5-6,9-10,13,20H,4,7-8,11-12,14-16H2,(H,25,27)/t20-/m0/s1. The minimum atomic E-state index is -0.513. The number of nitrogens with one attached hydrogen (secondary N) is 1. The summed E-state index contributed by atoms with van der Waals surface area (Å²) in [6, 6.07) is 15.8. The molecule has 2 amide bonds. The second-order valence-corrected chi connectivity index (χ2v) is 7.97. The third-order valence-corrected chi connectivity index (χ3v) is 5.79. The first-order chi connectivity index (χ1) is 14.6. The number of benzene rings is 2. The summed E-state index contributed by atoms with van der Waals surface area (Å²) in [7, 11) is 0. The minimum absolute atomic E-state index is 0.0459. The second kappa shape index (κ2) is 9.11. The van der Waals surface area contributed by atoms with Gasteiger partial charge in [0.15, 0.2) is 6.61 Å². The van der Waals surface area contributed by atoms with Gasteiger partial charge in [0.05, 0.1) is 5.92 Å². The van der Waals surface area contributed by atoms with Crippen molar-refractivity contribution in [1.82, 2.24) is 4.90 Å². The van der Waals surface area contributed by atoms with Crippen LogP contribution in [-0.2, 0) is 38.4 Å². The van der Waals surface area contributed by atoms with Crippen molar-refractivity contribution in [3.63, 3.8) is 0 Å². The Morgan fingerprint density at radius 3 is 2.70 bits per heavy atom. The summed E-state index contributed by atoms with van der Waals surface area (Å²) in [6.45, 7) is 0.576. The van der Waals surface area contributed by atoms with Crippen LogP contribution in [-0.4, -0.2) is 42.4 Å². The van der Waals surface area contributed by atoms with Gasteiger partial charge in [-0.15, -0.1) is 0 Å². The Morgan fingerprint density at radius 2 is 1.87 bits per heavy atom. The summed E-state index contributed by atoms with van der Waals surface area (Å²) in [5, 5.41) is 2.78. The molecule has 6 nitrogen and oxygen atoms in total. The predicted octanol–water partition coefficient (Wildman–Crippen LogP) is 2.75. The Balaban J connectivity index is 1.22. The van der Waals surface area contributed by atoms with Gasteiger partial charge < -0.3 is 15.0 Å². The lowest BCUT2D eigenvalue weighted by atomic mass is 10.1. The van der Waals surface area contributed by atoms with Crippen LogP contribution in [0.3, 0.4) is 0 Å². The molecule has 1 aliphatic heterocycles. The van der Waals surface area contributed by atoms with Crippen LogP contribution in [0, 0.1) is 5.92 Å². The minimum Gasteiger partial charge on any atom is -0.455 e. The quantitative estimate of drug-likeness (QED) is 0.718. The highest BCUT2D eigenvalue weighted by Crippen LogP contribution is 2.25. The number of carbonyl (C=O) groups excluding carboxylic acids is 3. The van der Waals surface area contributed by atoms with Gasteiger partial charge >= 0.3 is 5.97 Å². The van der Waals surface area contributed by atoms with Gasteiger partial charge in [0.1, 0.15) is 0 Å². The van der Waals surface area contributed by atoms with Crippen molar-refractivity contribution in [1.29, 1.82) is 0 Å². The van der Waals surface area contributed by atoms with Crippen LogP contribution in [0.25, 0.3) is 0 Å². The number of aryl methyl sites for hydroxylation is 2. The van der Waals surface area contributed by atoms with E-state index in [0.717, 1.165) is 36.9 Å². The molecule has 1 aliphatic carbocycles. The molecule has 0 spiro atoms. The van der Waals surface area contributed by atoms with Gasteiger partial charge in [-0.3, -0.25) is 14.4 Å². The van der Waals surface area contributed by atoms with Gasteiger partial charge in [0, 0.05) is 25.2 Å². The first-order valence-corrected chi connectivity index (χ1v) is 10.5. The van der Waals surface area contributed by atoms with Crippen LogP contribution >= 0.6 is 0 Å². The Labute approximate surface area is 176 Å². The van der Waals surface area contributed by atoms with Crippen molar-refractivity contribution in [2.24, 2.45) is 5.92 Å². The molecule has 6 heteroatoms. The molecule has 4 rings (SSSR count). The zero-order chi connectivity index (χ0) is 20.9. The number of amides is 2. The lowest BCUT2D eigenvalue weighted by Gasteiger charge is -2.16. The van der Waals surface area contributed by atoms with Crippen LogP contribution in [0.15, 0.2) is 48.5 Å². The van der Waals surface area contributed by atoms with E-state index in [1.54, 1.807) is 4.90 Å². The predicted molar refractivity (Wildman–Crippen MR) is 113 cm³/mol. The van der Waals surface area contributed by atoms with Gasteiger partial charge in [-0.2, -0.15) is 0 Å². The first kappa shape index (κ1) is 20.1. The summed E-state index contributed by atoms with van der Waals surface area (Å²) in [4.78, 5) is 38.4. The molecule has 0 aromatic heterocycles. The maximum atomic E-state index is 12.3. The summed E-state index contributed by atoms with van der Waals surface area (Å²) < 4.78 is 5.18. The molecule has 1 saturated heterocycles. The lowest BCUT2D eigenvalue weighted by molar-refractivity contribution is -0.151. The molecule has 1 heterocycles. The largest absolute Gasteiger partial charge is 0.455 e. The van der Waals surface area contributed by atoms with Crippen LogP contribution in [0.4, 0.5) is 5.69 Å². The van der Waals surface area contributed by atoms with E-state index in [2.05, 4.69) is 5.32 Å². The fourth-order valence-electron chi connectivity index (χ4n) is 4.16. The summed E-state index contributed by atoms with van der Waals surface area (Å²) >= 11 is 0. The molecule has 156 valence electrons. The highest BCUT2D eigenvalue weighted by atomic mass is 16.5. The molecule has 2 aliphatic rings. The molecule has 0 unspecified atom stereocenters. The summed E-state index contributed by atoms with van der Waals surface area (Å²) in [5.74, 6) is -1.42. The van der Waals surface area contributed by atoms with Crippen LogP contribution in [0.1, 0.15) is 29.5 Å². The van der Waals surface area contributed by atoms with E-state index < -0.39 is 11.9 Å². The Morgan fingerprint density at radius 1 is 1.07 bits per heavy atom. The molecular formula is C24H26N2O4. The molecule has 0 radical (unpaired) electrons. The van der Waals surface area contributed by atoms with Gasteiger partial charge in [-0.1, -0.05) is 36.4 Å². The maximum absolute atomic E-state index is 12.3. The van der Waals surface area contributed by atoms with Crippen molar-refractivity contribution in [3.05, 3.63) is 65.2 Å². The van der Waals surface area contributed by atoms with Crippen molar-refractivity contribution >= 4 is 23.5 Å². The smallest absolute Gasteiger partial charge is 0.311 e. The molecule has 2 aromatic carbocycles. The zero-order valence-corrected chi connectivity index (χ0v) is 16.9. The second-order valence-electron chi connectivity index (χ2n) is 7.97. The highest BCUT2D eigenvalue weighted by molar-refractivity contribution is 5.93. The van der Waals surface area contributed by atoms with E-state index in [1.165, 1.54) is 11.1 Å². The number of hydrogen-bond donors (Lipinski definition) is 1. The Hall–Kier alpha value is -3.15. The fraction of sp³-hybridized carbons (Fsp3) is 0.375. The van der Waals surface area contributed by atoms with Crippen molar-refractivity contribution < 1.29 is 19.1 Å². The molecule has 2 aromatic rings. The van der Waals surface area contributed by atoms with E-state index in [4.69, 9.17) is 4.74 Å². The molecule has 30 heavy (non-hydrogen) atoms. The number of nitrogens with zero attached hydrogens (tertiary/aromatic N) is 1. The average molecular weight is 406 g/mol. The van der Waals surface area contributed by atoms with E-state index in [1.807, 2.05) is 48.5 Å². The number of fused-ring (bicyclic) bond motifs is 1. The fourth-order valence-corrected chi connectivity index (χ4v) is 4.16. The number of hydrogen-bond acceptors (Lipinski definition) is 4. The van der Waals surface area contributed by atoms with Gasteiger partial charge in [-0.25, -0.2) is 0 Å². The van der Waals surface area contributed by atoms with Crippen LogP contribution < -0.4 is 5.32 Å². The number of carbonyl (C=O) groups is 3. The van der Waals surface area contributed by atoms with Crippen molar-refractivity contribution in [2.45, 2.75) is 32.1 Å². The number of anilines is 1. The Kier molecular flexibility index (Phi) is 6.12. The normalized spacial score (nSPS) is 17.7. The summed E-state index contributed by atoms with van der Waals surface area (Å²) in [5.41, 5.74) is 4.48. The Bertz CT molecular complexity index is 941. The zero-order valence-electron chi connectivity index (χ0n) is 16.9. The summed E-state index contributed by atoms with van der Waals surface area (Å²) in [6.07, 6.45) is 4.15. The number of ether oxygens (including phenoxy) is 1. The third kappa shape index (κ3) is 4.87. The van der Waals surface area contributed by atoms with Crippen molar-refractivity contribution in [3.8, 4) is 0 Å². The topological polar surface area (TPSA) is 75.7 Å². The first-order valence-electron chi connectivity index (χ1n) is 10.5. The third-order valence-electron chi connectivity index (χ3n) is 5.79. The van der Waals surface area contributed by atoms with Crippen LogP contribution in [0.5, 0.6) is 0 Å². The highest BCUT2D eigenvalue weighted by Gasteiger charge is 2.35. The van der Waals surface area contributed by atoms with E-state index >= 15 is 0 Å². The number of likely N-dealkylation sites (tertiary alicyclic amines) is 1. The van der Waals surface area contributed by atoms with Gasteiger partial charge in [0.25, 0.3) is 5.91 Å². The van der Waals surface area contributed by atoms with E-state index in [-0.39, 0.29) is 24.8 Å².